The Morgan fingerprint density at radius 2 is 2.13 bits per heavy atom. The van der Waals surface area contributed by atoms with Gasteiger partial charge in [-0.1, -0.05) is 19.1 Å². The predicted molar refractivity (Wildman–Crippen MR) is 87.8 cm³/mol. The Hall–Kier alpha value is -1.89. The number of piperidine rings is 1. The smallest absolute Gasteiger partial charge is 0.285 e. The quantitative estimate of drug-likeness (QED) is 0.817. The molecule has 3 rings (SSSR count). The number of fused-ring (bicyclic) bond motifs is 1. The number of likely N-dealkylation sites (N-methyl/N-ethyl adjacent to an activating group) is 1. The van der Waals surface area contributed by atoms with Crippen molar-refractivity contribution in [2.75, 3.05) is 26.7 Å². The van der Waals surface area contributed by atoms with E-state index in [1.165, 1.54) is 0 Å². The molecule has 1 aromatic carbocycles. The van der Waals surface area contributed by atoms with Gasteiger partial charge in [0.1, 0.15) is 4.90 Å². The van der Waals surface area contributed by atoms with Gasteiger partial charge in [-0.05, 0) is 30.9 Å². The summed E-state index contributed by atoms with van der Waals surface area (Å²) in [4.78, 5) is 16.2. The van der Waals surface area contributed by atoms with E-state index in [4.69, 9.17) is 0 Å². The van der Waals surface area contributed by atoms with E-state index in [0.29, 0.717) is 17.3 Å². The van der Waals surface area contributed by atoms with Gasteiger partial charge in [0.05, 0.1) is 6.54 Å². The van der Waals surface area contributed by atoms with Gasteiger partial charge in [0.2, 0.25) is 5.91 Å². The van der Waals surface area contributed by atoms with Crippen LogP contribution < -0.4 is 0 Å². The van der Waals surface area contributed by atoms with E-state index < -0.39 is 10.0 Å². The topological polar surface area (TPSA) is 70.1 Å². The van der Waals surface area contributed by atoms with Gasteiger partial charge in [0, 0.05) is 25.7 Å². The van der Waals surface area contributed by atoms with E-state index in [9.17, 15) is 13.2 Å². The zero-order valence-electron chi connectivity index (χ0n) is 13.4. The highest BCUT2D eigenvalue weighted by Gasteiger charge is 2.31. The number of amides is 1. The maximum atomic E-state index is 12.5. The van der Waals surface area contributed by atoms with Gasteiger partial charge in [-0.3, -0.25) is 4.79 Å². The Morgan fingerprint density at radius 3 is 2.87 bits per heavy atom. The Morgan fingerprint density at radius 1 is 1.39 bits per heavy atom. The molecule has 2 aliphatic rings. The minimum Gasteiger partial charge on any atom is -0.349 e. The van der Waals surface area contributed by atoms with E-state index in [1.54, 1.807) is 36.2 Å². The van der Waals surface area contributed by atoms with Crippen LogP contribution >= 0.6 is 0 Å². The number of hydrogen-bond donors (Lipinski definition) is 0. The number of rotatable bonds is 2. The summed E-state index contributed by atoms with van der Waals surface area (Å²) in [5.74, 6) is 0.880. The van der Waals surface area contributed by atoms with E-state index in [-0.39, 0.29) is 17.3 Å². The largest absolute Gasteiger partial charge is 0.349 e. The highest BCUT2D eigenvalue weighted by Crippen LogP contribution is 2.27. The summed E-state index contributed by atoms with van der Waals surface area (Å²) in [6.07, 6.45) is 2.17. The van der Waals surface area contributed by atoms with Gasteiger partial charge in [0.15, 0.2) is 5.84 Å². The number of hydrogen-bond acceptors (Lipinski definition) is 4. The molecule has 2 heterocycles. The van der Waals surface area contributed by atoms with Gasteiger partial charge >= 0.3 is 0 Å². The summed E-state index contributed by atoms with van der Waals surface area (Å²) in [5.41, 5.74) is 0.565. The fourth-order valence-electron chi connectivity index (χ4n) is 3.16. The van der Waals surface area contributed by atoms with Crippen LogP contribution in [-0.2, 0) is 14.8 Å². The van der Waals surface area contributed by atoms with Crippen LogP contribution in [0.2, 0.25) is 0 Å². The SMILES string of the molecule is C[C@H]1CCCN(C(=O)CN(C)C2=NS(=O)(=O)c3ccccc32)C1. The zero-order valence-corrected chi connectivity index (χ0v) is 14.2. The number of benzene rings is 1. The third-order valence-corrected chi connectivity index (χ3v) is 5.68. The number of carbonyl (C=O) groups is 1. The lowest BCUT2D eigenvalue weighted by molar-refractivity contribution is -0.133. The number of carbonyl (C=O) groups excluding carboxylic acids is 1. The lowest BCUT2D eigenvalue weighted by Crippen LogP contribution is -2.45. The molecule has 1 saturated heterocycles. The number of amidine groups is 1. The van der Waals surface area contributed by atoms with Crippen molar-refractivity contribution in [3.8, 4) is 0 Å². The summed E-state index contributed by atoms with van der Waals surface area (Å²) < 4.78 is 28.0. The third kappa shape index (κ3) is 3.10. The average Bonchev–Trinajstić information content (AvgIpc) is 2.79. The second-order valence-corrected chi connectivity index (χ2v) is 7.90. The van der Waals surface area contributed by atoms with Crippen LogP contribution in [0.5, 0.6) is 0 Å². The molecule has 6 nitrogen and oxygen atoms in total. The van der Waals surface area contributed by atoms with Crippen LogP contribution in [0.1, 0.15) is 25.3 Å². The molecule has 0 aliphatic carbocycles. The van der Waals surface area contributed by atoms with Crippen LogP contribution in [0, 0.1) is 5.92 Å². The van der Waals surface area contributed by atoms with Crippen molar-refractivity contribution in [2.45, 2.75) is 24.7 Å². The summed E-state index contributed by atoms with van der Waals surface area (Å²) in [6, 6.07) is 6.72. The first kappa shape index (κ1) is 16.0. The summed E-state index contributed by atoms with van der Waals surface area (Å²) >= 11 is 0. The van der Waals surface area contributed by atoms with E-state index in [2.05, 4.69) is 11.3 Å². The third-order valence-electron chi connectivity index (χ3n) is 4.36. The second-order valence-electron chi connectivity index (χ2n) is 6.33. The summed E-state index contributed by atoms with van der Waals surface area (Å²) in [5, 5.41) is 0. The lowest BCUT2D eigenvalue weighted by atomic mass is 10.0. The Kier molecular flexibility index (Phi) is 4.14. The maximum Gasteiger partial charge on any atom is 0.285 e. The normalized spacial score (nSPS) is 22.4. The van der Waals surface area contributed by atoms with E-state index in [1.807, 2.05) is 4.90 Å². The standard InChI is InChI=1S/C16H21N3O3S/c1-12-6-5-9-19(10-12)15(20)11-18(2)16-13-7-3-4-8-14(13)23(21,22)17-16/h3-4,7-8,12H,5-6,9-11H2,1-2H3/t12-/m0/s1. The van der Waals surface area contributed by atoms with Crippen molar-refractivity contribution in [3.63, 3.8) is 0 Å². The molecule has 1 aromatic rings. The molecule has 0 spiro atoms. The van der Waals surface area contributed by atoms with Gasteiger partial charge in [-0.2, -0.15) is 8.42 Å². The van der Waals surface area contributed by atoms with Crippen LogP contribution in [-0.4, -0.2) is 56.6 Å². The molecule has 7 heteroatoms. The minimum absolute atomic E-state index is 0.0172. The van der Waals surface area contributed by atoms with Crippen molar-refractivity contribution in [2.24, 2.45) is 10.3 Å². The van der Waals surface area contributed by atoms with Crippen molar-refractivity contribution in [1.29, 1.82) is 0 Å². The molecular weight excluding hydrogens is 314 g/mol. The van der Waals surface area contributed by atoms with Crippen molar-refractivity contribution in [1.82, 2.24) is 9.80 Å². The maximum absolute atomic E-state index is 12.5. The van der Waals surface area contributed by atoms with Crippen LogP contribution in [0.15, 0.2) is 33.6 Å². The first-order valence-corrected chi connectivity index (χ1v) is 9.26. The molecule has 124 valence electrons. The lowest BCUT2D eigenvalue weighted by Gasteiger charge is -2.32. The number of nitrogens with zero attached hydrogens (tertiary/aromatic N) is 3. The molecular formula is C16H21N3O3S. The first-order chi connectivity index (χ1) is 10.9. The molecule has 23 heavy (non-hydrogen) atoms. The molecule has 0 N–H and O–H groups in total. The average molecular weight is 335 g/mol. The van der Waals surface area contributed by atoms with Gasteiger partial charge < -0.3 is 9.80 Å². The minimum atomic E-state index is -3.65. The predicted octanol–water partition coefficient (Wildman–Crippen LogP) is 1.33. The van der Waals surface area contributed by atoms with Gasteiger partial charge in [-0.15, -0.1) is 4.40 Å². The van der Waals surface area contributed by atoms with Crippen LogP contribution in [0.25, 0.3) is 0 Å². The van der Waals surface area contributed by atoms with E-state index >= 15 is 0 Å². The Bertz CT molecular complexity index is 758. The molecule has 0 radical (unpaired) electrons. The summed E-state index contributed by atoms with van der Waals surface area (Å²) in [7, 11) is -1.94. The second kappa shape index (κ2) is 5.96. The molecule has 0 bridgehead atoms. The van der Waals surface area contributed by atoms with E-state index in [0.717, 1.165) is 25.9 Å². The van der Waals surface area contributed by atoms with Crippen LogP contribution in [0.3, 0.4) is 0 Å². The molecule has 0 saturated carbocycles. The molecule has 1 amide bonds. The molecule has 0 unspecified atom stereocenters. The monoisotopic (exact) mass is 335 g/mol. The van der Waals surface area contributed by atoms with Crippen molar-refractivity contribution in [3.05, 3.63) is 29.8 Å². The Labute approximate surface area is 136 Å². The zero-order chi connectivity index (χ0) is 16.6. The van der Waals surface area contributed by atoms with Crippen molar-refractivity contribution < 1.29 is 13.2 Å². The fourth-order valence-corrected chi connectivity index (χ4v) is 4.41. The highest BCUT2D eigenvalue weighted by molar-refractivity contribution is 7.90. The number of sulfonamides is 1. The summed E-state index contributed by atoms with van der Waals surface area (Å²) in [6.45, 7) is 3.83. The molecule has 2 aliphatic heterocycles. The highest BCUT2D eigenvalue weighted by atomic mass is 32.2. The molecule has 1 atom stereocenters. The molecule has 1 fully saturated rings. The first-order valence-electron chi connectivity index (χ1n) is 7.82. The van der Waals surface area contributed by atoms with Crippen molar-refractivity contribution >= 4 is 21.8 Å². The van der Waals surface area contributed by atoms with Gasteiger partial charge in [-0.25, -0.2) is 0 Å². The molecule has 0 aromatic heterocycles. The van der Waals surface area contributed by atoms with Gasteiger partial charge in [0.25, 0.3) is 10.0 Å². The number of likely N-dealkylation sites (tertiary alicyclic amines) is 1. The Balaban J connectivity index is 1.77. The van der Waals surface area contributed by atoms with Crippen LogP contribution in [0.4, 0.5) is 0 Å². The fraction of sp³-hybridized carbons (Fsp3) is 0.500.